The minimum atomic E-state index is 0.640. The van der Waals surface area contributed by atoms with Crippen LogP contribution in [0.3, 0.4) is 0 Å². The standard InChI is InChI=1S/C20H25N5/c1-14-4-6-18(7-5-14)24-9-8-17(13-24)12-21-19-10-15(2)22-20-11-16(3)23-25(19)20/h4-7,10-11,17,21H,8-9,12-13H2,1-3H3. The molecule has 1 atom stereocenters. The van der Waals surface area contributed by atoms with E-state index in [0.717, 1.165) is 42.5 Å². The second-order valence-corrected chi connectivity index (χ2v) is 7.16. The Morgan fingerprint density at radius 1 is 1.08 bits per heavy atom. The molecule has 1 aliphatic rings. The highest BCUT2D eigenvalue weighted by atomic mass is 15.3. The first-order valence-electron chi connectivity index (χ1n) is 8.98. The largest absolute Gasteiger partial charge is 0.371 e. The number of hydrogen-bond acceptors (Lipinski definition) is 4. The summed E-state index contributed by atoms with van der Waals surface area (Å²) in [6.07, 6.45) is 1.21. The second kappa shape index (κ2) is 6.39. The maximum Gasteiger partial charge on any atom is 0.157 e. The van der Waals surface area contributed by atoms with Crippen molar-refractivity contribution in [3.63, 3.8) is 0 Å². The molecule has 25 heavy (non-hydrogen) atoms. The number of nitrogens with zero attached hydrogens (tertiary/aromatic N) is 4. The molecule has 1 saturated heterocycles. The van der Waals surface area contributed by atoms with Crippen LogP contribution < -0.4 is 10.2 Å². The summed E-state index contributed by atoms with van der Waals surface area (Å²) in [5.41, 5.74) is 5.56. The molecule has 5 heteroatoms. The Morgan fingerprint density at radius 3 is 2.68 bits per heavy atom. The van der Waals surface area contributed by atoms with Crippen LogP contribution in [0.2, 0.25) is 0 Å². The van der Waals surface area contributed by atoms with E-state index < -0.39 is 0 Å². The normalized spacial score (nSPS) is 17.4. The molecule has 0 saturated carbocycles. The van der Waals surface area contributed by atoms with Crippen molar-refractivity contribution in [2.45, 2.75) is 27.2 Å². The Hall–Kier alpha value is -2.56. The van der Waals surface area contributed by atoms with Crippen LogP contribution in [-0.2, 0) is 0 Å². The highest BCUT2D eigenvalue weighted by molar-refractivity contribution is 5.51. The molecule has 0 spiro atoms. The third-order valence-electron chi connectivity index (χ3n) is 4.93. The smallest absolute Gasteiger partial charge is 0.157 e. The van der Waals surface area contributed by atoms with Crippen LogP contribution in [0.1, 0.15) is 23.4 Å². The first-order valence-corrected chi connectivity index (χ1v) is 8.98. The number of rotatable bonds is 4. The van der Waals surface area contributed by atoms with Crippen LogP contribution in [-0.4, -0.2) is 34.2 Å². The van der Waals surface area contributed by atoms with Crippen LogP contribution >= 0.6 is 0 Å². The van der Waals surface area contributed by atoms with Crippen molar-refractivity contribution >= 4 is 17.2 Å². The summed E-state index contributed by atoms with van der Waals surface area (Å²) < 4.78 is 1.91. The molecule has 0 amide bonds. The number of fused-ring (bicyclic) bond motifs is 1. The summed E-state index contributed by atoms with van der Waals surface area (Å²) in [5.74, 6) is 1.67. The predicted molar refractivity (Wildman–Crippen MR) is 102 cm³/mol. The van der Waals surface area contributed by atoms with Crippen molar-refractivity contribution in [2.75, 3.05) is 29.9 Å². The maximum atomic E-state index is 4.55. The van der Waals surface area contributed by atoms with E-state index in [4.69, 9.17) is 0 Å². The number of nitrogens with one attached hydrogen (secondary N) is 1. The van der Waals surface area contributed by atoms with Crippen LogP contribution in [0, 0.1) is 26.7 Å². The topological polar surface area (TPSA) is 45.5 Å². The van der Waals surface area contributed by atoms with Gasteiger partial charge in [0.05, 0.1) is 5.69 Å². The van der Waals surface area contributed by atoms with Gasteiger partial charge in [0.15, 0.2) is 5.65 Å². The average molecular weight is 335 g/mol. The van der Waals surface area contributed by atoms with Gasteiger partial charge in [-0.1, -0.05) is 17.7 Å². The molecule has 3 heterocycles. The second-order valence-electron chi connectivity index (χ2n) is 7.16. The average Bonchev–Trinajstić information content (AvgIpc) is 3.19. The summed E-state index contributed by atoms with van der Waals surface area (Å²) in [4.78, 5) is 7.03. The molecular weight excluding hydrogens is 310 g/mol. The van der Waals surface area contributed by atoms with Gasteiger partial charge in [0.1, 0.15) is 5.82 Å². The first kappa shape index (κ1) is 15.9. The first-order chi connectivity index (χ1) is 12.1. The van der Waals surface area contributed by atoms with Gasteiger partial charge in [0, 0.05) is 43.1 Å². The fraction of sp³-hybridized carbons (Fsp3) is 0.400. The van der Waals surface area contributed by atoms with Gasteiger partial charge in [0.2, 0.25) is 0 Å². The predicted octanol–water partition coefficient (Wildman–Crippen LogP) is 3.59. The molecule has 4 rings (SSSR count). The van der Waals surface area contributed by atoms with Gasteiger partial charge >= 0.3 is 0 Å². The van der Waals surface area contributed by atoms with Gasteiger partial charge in [-0.05, 0) is 45.2 Å². The van der Waals surface area contributed by atoms with Crippen molar-refractivity contribution in [3.8, 4) is 0 Å². The summed E-state index contributed by atoms with van der Waals surface area (Å²) in [5, 5.41) is 8.15. The zero-order valence-corrected chi connectivity index (χ0v) is 15.2. The number of benzene rings is 1. The molecule has 1 N–H and O–H groups in total. The Balaban J connectivity index is 1.43. The summed E-state index contributed by atoms with van der Waals surface area (Å²) in [7, 11) is 0. The molecule has 1 fully saturated rings. The molecule has 1 unspecified atom stereocenters. The zero-order valence-electron chi connectivity index (χ0n) is 15.2. The Kier molecular flexibility index (Phi) is 4.07. The van der Waals surface area contributed by atoms with E-state index in [1.165, 1.54) is 17.7 Å². The lowest BCUT2D eigenvalue weighted by molar-refractivity contribution is 0.619. The Bertz CT molecular complexity index is 881. The lowest BCUT2D eigenvalue weighted by Crippen LogP contribution is -2.23. The molecule has 0 bridgehead atoms. The van der Waals surface area contributed by atoms with Crippen LogP contribution in [0.4, 0.5) is 11.5 Å². The number of aromatic nitrogens is 3. The quantitative estimate of drug-likeness (QED) is 0.791. The lowest BCUT2D eigenvalue weighted by atomic mass is 10.1. The molecular formula is C20H25N5. The van der Waals surface area contributed by atoms with Crippen LogP contribution in [0.25, 0.3) is 5.65 Å². The minimum Gasteiger partial charge on any atom is -0.371 e. The molecule has 0 aliphatic carbocycles. The van der Waals surface area contributed by atoms with E-state index in [9.17, 15) is 0 Å². The van der Waals surface area contributed by atoms with E-state index in [0.29, 0.717) is 5.92 Å². The molecule has 130 valence electrons. The van der Waals surface area contributed by atoms with Crippen LogP contribution in [0.15, 0.2) is 36.4 Å². The molecule has 0 radical (unpaired) electrons. The monoisotopic (exact) mass is 335 g/mol. The van der Waals surface area contributed by atoms with Crippen molar-refractivity contribution in [1.29, 1.82) is 0 Å². The van der Waals surface area contributed by atoms with E-state index >= 15 is 0 Å². The zero-order chi connectivity index (χ0) is 17.4. The maximum absolute atomic E-state index is 4.55. The minimum absolute atomic E-state index is 0.640. The number of anilines is 2. The third-order valence-corrected chi connectivity index (χ3v) is 4.93. The van der Waals surface area contributed by atoms with Crippen molar-refractivity contribution < 1.29 is 0 Å². The molecule has 1 aromatic carbocycles. The van der Waals surface area contributed by atoms with E-state index in [1.54, 1.807) is 0 Å². The number of aryl methyl sites for hydroxylation is 3. The molecule has 3 aromatic rings. The summed E-state index contributed by atoms with van der Waals surface area (Å²) in [6, 6.07) is 12.9. The van der Waals surface area contributed by atoms with Gasteiger partial charge in [-0.15, -0.1) is 0 Å². The number of hydrogen-bond donors (Lipinski definition) is 1. The van der Waals surface area contributed by atoms with E-state index in [2.05, 4.69) is 57.6 Å². The van der Waals surface area contributed by atoms with Crippen molar-refractivity contribution in [2.24, 2.45) is 5.92 Å². The van der Waals surface area contributed by atoms with Gasteiger partial charge in [-0.25, -0.2) is 4.98 Å². The van der Waals surface area contributed by atoms with Gasteiger partial charge in [0.25, 0.3) is 0 Å². The summed E-state index contributed by atoms with van der Waals surface area (Å²) in [6.45, 7) is 9.35. The summed E-state index contributed by atoms with van der Waals surface area (Å²) >= 11 is 0. The molecule has 5 nitrogen and oxygen atoms in total. The highest BCUT2D eigenvalue weighted by Gasteiger charge is 2.22. The van der Waals surface area contributed by atoms with Gasteiger partial charge < -0.3 is 10.2 Å². The Morgan fingerprint density at radius 2 is 1.88 bits per heavy atom. The van der Waals surface area contributed by atoms with E-state index in [1.807, 2.05) is 24.4 Å². The van der Waals surface area contributed by atoms with Gasteiger partial charge in [-0.3, -0.25) is 0 Å². The lowest BCUT2D eigenvalue weighted by Gasteiger charge is -2.19. The Labute approximate surface area is 148 Å². The SMILES string of the molecule is Cc1ccc(N2CCC(CNc3cc(C)nc4cc(C)nn34)C2)cc1. The van der Waals surface area contributed by atoms with E-state index in [-0.39, 0.29) is 0 Å². The highest BCUT2D eigenvalue weighted by Crippen LogP contribution is 2.24. The fourth-order valence-corrected chi connectivity index (χ4v) is 3.58. The van der Waals surface area contributed by atoms with Crippen molar-refractivity contribution in [3.05, 3.63) is 53.3 Å². The molecule has 2 aromatic heterocycles. The van der Waals surface area contributed by atoms with Gasteiger partial charge in [-0.2, -0.15) is 9.61 Å². The van der Waals surface area contributed by atoms with Crippen molar-refractivity contribution in [1.82, 2.24) is 14.6 Å². The molecule has 1 aliphatic heterocycles. The fourth-order valence-electron chi connectivity index (χ4n) is 3.58. The van der Waals surface area contributed by atoms with Crippen LogP contribution in [0.5, 0.6) is 0 Å². The third kappa shape index (κ3) is 3.31.